The Morgan fingerprint density at radius 3 is 2.08 bits per heavy atom. The van der Waals surface area contributed by atoms with Gasteiger partial charge in [0.25, 0.3) is 0 Å². The van der Waals surface area contributed by atoms with E-state index in [1.807, 2.05) is 12.1 Å². The molecule has 0 aliphatic carbocycles. The van der Waals surface area contributed by atoms with Gasteiger partial charge in [-0.25, -0.2) is 4.98 Å². The summed E-state index contributed by atoms with van der Waals surface area (Å²) in [5.41, 5.74) is 5.70. The number of rotatable bonds is 2. The molecule has 5 rings (SSSR count). The Labute approximate surface area is 143 Å². The fourth-order valence-corrected chi connectivity index (χ4v) is 4.24. The van der Waals surface area contributed by atoms with Crippen LogP contribution in [-0.2, 0) is 0 Å². The highest BCUT2D eigenvalue weighted by Crippen LogP contribution is 2.38. The lowest BCUT2D eigenvalue weighted by molar-refractivity contribution is 1.37. The van der Waals surface area contributed by atoms with E-state index in [-0.39, 0.29) is 0 Å². The Kier molecular flexibility index (Phi) is 2.87. The number of para-hydroxylation sites is 2. The third-order valence-corrected chi connectivity index (χ3v) is 5.46. The Morgan fingerprint density at radius 1 is 0.792 bits per heavy atom. The number of thiazole rings is 1. The summed E-state index contributed by atoms with van der Waals surface area (Å²) in [4.78, 5) is 12.9. The maximum Gasteiger partial charge on any atom is 0.126 e. The molecule has 3 nitrogen and oxygen atoms in total. The van der Waals surface area contributed by atoms with Gasteiger partial charge >= 0.3 is 0 Å². The molecule has 0 unspecified atom stereocenters. The summed E-state index contributed by atoms with van der Waals surface area (Å²) in [6.45, 7) is 2.15. The molecule has 24 heavy (non-hydrogen) atoms. The largest absolute Gasteiger partial charge is 0.360 e. The van der Waals surface area contributed by atoms with Crippen LogP contribution in [0.15, 0.2) is 60.9 Å². The molecule has 4 heteroatoms. The van der Waals surface area contributed by atoms with Gasteiger partial charge in [-0.05, 0) is 19.1 Å². The number of benzene rings is 2. The lowest BCUT2D eigenvalue weighted by Crippen LogP contribution is -1.79. The highest BCUT2D eigenvalue weighted by molar-refractivity contribution is 7.15. The van der Waals surface area contributed by atoms with Gasteiger partial charge in [0.05, 0.1) is 5.69 Å². The maximum atomic E-state index is 4.97. The van der Waals surface area contributed by atoms with Gasteiger partial charge in [0.1, 0.15) is 5.01 Å². The van der Waals surface area contributed by atoms with Crippen LogP contribution in [0.3, 0.4) is 0 Å². The van der Waals surface area contributed by atoms with Crippen LogP contribution < -0.4 is 0 Å². The molecule has 5 aromatic rings. The average Bonchev–Trinajstić information content (AvgIpc) is 3.30. The zero-order valence-electron chi connectivity index (χ0n) is 13.1. The molecule has 0 atom stereocenters. The number of H-pyrrole nitrogens is 2. The summed E-state index contributed by atoms with van der Waals surface area (Å²) < 4.78 is 0. The molecule has 0 aliphatic heterocycles. The van der Waals surface area contributed by atoms with Crippen molar-refractivity contribution in [3.63, 3.8) is 0 Å². The van der Waals surface area contributed by atoms with Gasteiger partial charge in [-0.1, -0.05) is 36.4 Å². The fourth-order valence-electron chi connectivity index (χ4n) is 3.28. The minimum atomic E-state index is 1.06. The van der Waals surface area contributed by atoms with E-state index in [0.717, 1.165) is 21.7 Å². The Morgan fingerprint density at radius 2 is 1.38 bits per heavy atom. The molecule has 3 aromatic heterocycles. The number of nitrogens with one attached hydrogen (secondary N) is 2. The predicted molar refractivity (Wildman–Crippen MR) is 101 cm³/mol. The molecule has 0 amide bonds. The Bertz CT molecular complexity index is 1180. The highest BCUT2D eigenvalue weighted by Gasteiger charge is 2.16. The van der Waals surface area contributed by atoms with Gasteiger partial charge in [0.15, 0.2) is 0 Å². The molecular formula is C20H15N3S. The lowest BCUT2D eigenvalue weighted by atomic mass is 10.1. The van der Waals surface area contributed by atoms with E-state index in [0.29, 0.717) is 0 Å². The minimum absolute atomic E-state index is 1.06. The van der Waals surface area contributed by atoms with Crippen LogP contribution >= 0.6 is 11.3 Å². The number of fused-ring (bicyclic) bond motifs is 2. The third kappa shape index (κ3) is 1.93. The number of nitrogens with zero attached hydrogens (tertiary/aromatic N) is 1. The van der Waals surface area contributed by atoms with Gasteiger partial charge in [-0.3, -0.25) is 0 Å². The van der Waals surface area contributed by atoms with Crippen molar-refractivity contribution in [1.29, 1.82) is 0 Å². The van der Waals surface area contributed by atoms with Gasteiger partial charge < -0.3 is 9.97 Å². The number of hydrogen-bond acceptors (Lipinski definition) is 2. The van der Waals surface area contributed by atoms with Gasteiger partial charge in [-0.2, -0.15) is 0 Å². The first-order valence-corrected chi connectivity index (χ1v) is 8.73. The van der Waals surface area contributed by atoms with Crippen LogP contribution in [-0.4, -0.2) is 15.0 Å². The van der Waals surface area contributed by atoms with Gasteiger partial charge in [-0.15, -0.1) is 11.3 Å². The molecule has 3 heterocycles. The molecule has 0 spiro atoms. The summed E-state index contributed by atoms with van der Waals surface area (Å²) in [5, 5.41) is 3.50. The SMILES string of the molecule is Cc1sc(-c2c[nH]c3ccccc23)nc1-c1c[nH]c2ccccc12. The van der Waals surface area contributed by atoms with E-state index in [1.54, 1.807) is 11.3 Å². The van der Waals surface area contributed by atoms with Crippen LogP contribution in [0, 0.1) is 6.92 Å². The number of hydrogen-bond donors (Lipinski definition) is 2. The molecule has 0 radical (unpaired) electrons. The summed E-state index contributed by atoms with van der Waals surface area (Å²) in [7, 11) is 0. The quantitative estimate of drug-likeness (QED) is 0.425. The Hall–Kier alpha value is -2.85. The van der Waals surface area contributed by atoms with E-state index in [4.69, 9.17) is 4.98 Å². The summed E-state index contributed by atoms with van der Waals surface area (Å²) in [6, 6.07) is 16.7. The first-order valence-electron chi connectivity index (χ1n) is 7.91. The van der Waals surface area contributed by atoms with Gasteiger partial charge in [0, 0.05) is 50.2 Å². The van der Waals surface area contributed by atoms with Crippen LogP contribution in [0.4, 0.5) is 0 Å². The van der Waals surface area contributed by atoms with Crippen molar-refractivity contribution in [3.8, 4) is 21.8 Å². The third-order valence-electron chi connectivity index (χ3n) is 4.46. The Balaban J connectivity index is 1.70. The van der Waals surface area contributed by atoms with E-state index in [2.05, 4.69) is 65.7 Å². The molecule has 0 aliphatic rings. The molecule has 2 aromatic carbocycles. The molecule has 0 saturated heterocycles. The molecule has 0 fully saturated rings. The van der Waals surface area contributed by atoms with Crippen molar-refractivity contribution in [2.45, 2.75) is 6.92 Å². The number of aromatic nitrogens is 3. The molecule has 0 bridgehead atoms. The van der Waals surface area contributed by atoms with E-state index >= 15 is 0 Å². The fraction of sp³-hybridized carbons (Fsp3) is 0.0500. The topological polar surface area (TPSA) is 44.5 Å². The first kappa shape index (κ1) is 13.6. The first-order chi connectivity index (χ1) is 11.8. The van der Waals surface area contributed by atoms with Crippen LogP contribution in [0.5, 0.6) is 0 Å². The van der Waals surface area contributed by atoms with Crippen LogP contribution in [0.1, 0.15) is 4.88 Å². The molecule has 0 saturated carbocycles. The summed E-state index contributed by atoms with van der Waals surface area (Å²) in [5.74, 6) is 0. The molecular weight excluding hydrogens is 314 g/mol. The van der Waals surface area contributed by atoms with Crippen LogP contribution in [0.2, 0.25) is 0 Å². The zero-order chi connectivity index (χ0) is 16.1. The van der Waals surface area contributed by atoms with E-state index in [9.17, 15) is 0 Å². The van der Waals surface area contributed by atoms with E-state index in [1.165, 1.54) is 26.8 Å². The average molecular weight is 329 g/mol. The summed E-state index contributed by atoms with van der Waals surface area (Å²) in [6.07, 6.45) is 4.12. The minimum Gasteiger partial charge on any atom is -0.360 e. The van der Waals surface area contributed by atoms with Crippen molar-refractivity contribution in [1.82, 2.24) is 15.0 Å². The van der Waals surface area contributed by atoms with Crippen LogP contribution in [0.25, 0.3) is 43.6 Å². The van der Waals surface area contributed by atoms with Crippen molar-refractivity contribution < 1.29 is 0 Å². The number of aryl methyl sites for hydroxylation is 1. The molecule has 2 N–H and O–H groups in total. The predicted octanol–water partition coefficient (Wildman–Crippen LogP) is 5.75. The monoisotopic (exact) mass is 329 g/mol. The van der Waals surface area contributed by atoms with Crippen molar-refractivity contribution >= 4 is 33.1 Å². The van der Waals surface area contributed by atoms with Gasteiger partial charge in [0.2, 0.25) is 0 Å². The zero-order valence-corrected chi connectivity index (χ0v) is 13.9. The normalized spacial score (nSPS) is 11.5. The standard InChI is InChI=1S/C20H15N3S/c1-12-19(15-10-21-17-8-4-2-6-13(15)17)23-20(24-12)16-11-22-18-9-5-3-7-14(16)18/h2-11,21-22H,1H3. The summed E-state index contributed by atoms with van der Waals surface area (Å²) >= 11 is 1.75. The lowest BCUT2D eigenvalue weighted by Gasteiger charge is -1.96. The number of aromatic amines is 2. The second kappa shape index (κ2) is 5.08. The maximum absolute atomic E-state index is 4.97. The van der Waals surface area contributed by atoms with Crippen molar-refractivity contribution in [2.75, 3.05) is 0 Å². The second-order valence-electron chi connectivity index (χ2n) is 5.92. The smallest absolute Gasteiger partial charge is 0.126 e. The second-order valence-corrected chi connectivity index (χ2v) is 7.12. The molecule has 116 valence electrons. The van der Waals surface area contributed by atoms with Crippen molar-refractivity contribution in [2.24, 2.45) is 0 Å². The highest BCUT2D eigenvalue weighted by atomic mass is 32.1. The van der Waals surface area contributed by atoms with Crippen molar-refractivity contribution in [3.05, 3.63) is 65.8 Å². The van der Waals surface area contributed by atoms with E-state index < -0.39 is 0 Å².